The van der Waals surface area contributed by atoms with E-state index in [4.69, 9.17) is 11.6 Å². The van der Waals surface area contributed by atoms with Gasteiger partial charge in [0.15, 0.2) is 5.82 Å². The summed E-state index contributed by atoms with van der Waals surface area (Å²) in [4.78, 5) is 13.9. The van der Waals surface area contributed by atoms with Crippen molar-refractivity contribution >= 4 is 29.2 Å². The standard InChI is InChI=1S/C20H23ClN6S/c21-17-7-2-1-6-16(17)19-23-20(25-24-19)28-15-5-10-26-11-13-27(14-12-26)18-8-3-4-9-22-18/h1-4,6-9H,5,10-15H2,(H,23,24,25). The van der Waals surface area contributed by atoms with Gasteiger partial charge in [-0.15, -0.1) is 5.10 Å². The lowest BCUT2D eigenvalue weighted by molar-refractivity contribution is 0.258. The minimum atomic E-state index is 0.681. The van der Waals surface area contributed by atoms with Crippen molar-refractivity contribution in [2.75, 3.05) is 43.4 Å². The van der Waals surface area contributed by atoms with Crippen LogP contribution in [0.4, 0.5) is 5.82 Å². The predicted octanol–water partition coefficient (Wildman–Crippen LogP) is 3.82. The summed E-state index contributed by atoms with van der Waals surface area (Å²) in [7, 11) is 0. The van der Waals surface area contributed by atoms with Crippen LogP contribution in [0.2, 0.25) is 5.02 Å². The number of nitrogens with zero attached hydrogens (tertiary/aromatic N) is 5. The lowest BCUT2D eigenvalue weighted by Gasteiger charge is -2.35. The average molecular weight is 415 g/mol. The third-order valence-corrected chi connectivity index (χ3v) is 6.05. The van der Waals surface area contributed by atoms with E-state index in [-0.39, 0.29) is 0 Å². The summed E-state index contributed by atoms with van der Waals surface area (Å²) in [5.74, 6) is 2.80. The number of pyridine rings is 1. The molecule has 0 radical (unpaired) electrons. The summed E-state index contributed by atoms with van der Waals surface area (Å²) < 4.78 is 0. The molecule has 1 fully saturated rings. The van der Waals surface area contributed by atoms with Crippen LogP contribution in [0.1, 0.15) is 6.42 Å². The summed E-state index contributed by atoms with van der Waals surface area (Å²) in [5.41, 5.74) is 0.884. The highest BCUT2D eigenvalue weighted by Gasteiger charge is 2.17. The van der Waals surface area contributed by atoms with Gasteiger partial charge in [0.2, 0.25) is 5.16 Å². The Morgan fingerprint density at radius 2 is 1.86 bits per heavy atom. The van der Waals surface area contributed by atoms with Crippen molar-refractivity contribution in [2.45, 2.75) is 11.6 Å². The van der Waals surface area contributed by atoms with E-state index in [1.165, 1.54) is 0 Å². The molecule has 1 N–H and O–H groups in total. The highest BCUT2D eigenvalue weighted by Crippen LogP contribution is 2.26. The van der Waals surface area contributed by atoms with Crippen LogP contribution < -0.4 is 4.90 Å². The first-order valence-corrected chi connectivity index (χ1v) is 10.8. The van der Waals surface area contributed by atoms with Crippen LogP contribution >= 0.6 is 23.4 Å². The average Bonchev–Trinajstić information content (AvgIpc) is 3.21. The molecule has 0 bridgehead atoms. The molecule has 28 heavy (non-hydrogen) atoms. The number of nitrogens with one attached hydrogen (secondary N) is 1. The third kappa shape index (κ3) is 4.84. The fourth-order valence-corrected chi connectivity index (χ4v) is 4.22. The molecule has 1 aliphatic heterocycles. The first kappa shape index (κ1) is 19.2. The molecule has 6 nitrogen and oxygen atoms in total. The van der Waals surface area contributed by atoms with Crippen molar-refractivity contribution in [1.82, 2.24) is 25.1 Å². The fraction of sp³-hybridized carbons (Fsp3) is 0.350. The van der Waals surface area contributed by atoms with E-state index in [2.05, 4.69) is 36.0 Å². The number of hydrogen-bond donors (Lipinski definition) is 1. The van der Waals surface area contributed by atoms with Gasteiger partial charge in [-0.2, -0.15) is 0 Å². The molecule has 4 rings (SSSR count). The van der Waals surface area contributed by atoms with Gasteiger partial charge >= 0.3 is 0 Å². The van der Waals surface area contributed by atoms with Crippen LogP contribution in [-0.2, 0) is 0 Å². The molecule has 0 spiro atoms. The van der Waals surface area contributed by atoms with Gasteiger partial charge in [0.25, 0.3) is 0 Å². The van der Waals surface area contributed by atoms with Crippen molar-refractivity contribution in [2.24, 2.45) is 0 Å². The number of anilines is 1. The first-order valence-electron chi connectivity index (χ1n) is 9.48. The maximum atomic E-state index is 6.22. The highest BCUT2D eigenvalue weighted by molar-refractivity contribution is 7.99. The van der Waals surface area contributed by atoms with Crippen molar-refractivity contribution in [3.05, 3.63) is 53.7 Å². The Morgan fingerprint density at radius 1 is 1.04 bits per heavy atom. The lowest BCUT2D eigenvalue weighted by Crippen LogP contribution is -2.47. The van der Waals surface area contributed by atoms with E-state index in [1.807, 2.05) is 42.6 Å². The van der Waals surface area contributed by atoms with Crippen molar-refractivity contribution in [1.29, 1.82) is 0 Å². The predicted molar refractivity (Wildman–Crippen MR) is 115 cm³/mol. The van der Waals surface area contributed by atoms with Crippen molar-refractivity contribution < 1.29 is 0 Å². The molecule has 8 heteroatoms. The largest absolute Gasteiger partial charge is 0.354 e. The SMILES string of the molecule is Clc1ccccc1-c1nc(SCCCN2CCN(c3ccccn3)CC2)n[nH]1. The molecule has 1 saturated heterocycles. The number of rotatable bonds is 7. The molecule has 0 amide bonds. The molecule has 1 aromatic carbocycles. The van der Waals surface area contributed by atoms with E-state index in [9.17, 15) is 0 Å². The van der Waals surface area contributed by atoms with Crippen LogP contribution in [-0.4, -0.2) is 63.5 Å². The van der Waals surface area contributed by atoms with E-state index < -0.39 is 0 Å². The highest BCUT2D eigenvalue weighted by atomic mass is 35.5. The van der Waals surface area contributed by atoms with Crippen LogP contribution in [0.3, 0.4) is 0 Å². The van der Waals surface area contributed by atoms with Crippen LogP contribution in [0.5, 0.6) is 0 Å². The summed E-state index contributed by atoms with van der Waals surface area (Å²) in [6.07, 6.45) is 2.98. The molecule has 2 aromatic heterocycles. The quantitative estimate of drug-likeness (QED) is 0.468. The van der Waals surface area contributed by atoms with Crippen LogP contribution in [0, 0.1) is 0 Å². The minimum absolute atomic E-state index is 0.681. The topological polar surface area (TPSA) is 60.9 Å². The van der Waals surface area contributed by atoms with E-state index in [1.54, 1.807) is 11.8 Å². The molecule has 0 unspecified atom stereocenters. The van der Waals surface area contributed by atoms with Gasteiger partial charge < -0.3 is 4.90 Å². The summed E-state index contributed by atoms with van der Waals surface area (Å²) in [5, 5.41) is 8.74. The Hall–Kier alpha value is -2.09. The molecule has 3 heterocycles. The Kier molecular flexibility index (Phi) is 6.46. The summed E-state index contributed by atoms with van der Waals surface area (Å²) >= 11 is 7.91. The number of halogens is 1. The summed E-state index contributed by atoms with van der Waals surface area (Å²) in [6, 6.07) is 13.8. The van der Waals surface area contributed by atoms with E-state index >= 15 is 0 Å². The van der Waals surface area contributed by atoms with Crippen molar-refractivity contribution in [3.63, 3.8) is 0 Å². The Morgan fingerprint density at radius 3 is 2.64 bits per heavy atom. The maximum absolute atomic E-state index is 6.22. The van der Waals surface area contributed by atoms with E-state index in [0.29, 0.717) is 5.02 Å². The molecular formula is C20H23ClN6S. The zero-order chi connectivity index (χ0) is 19.2. The van der Waals surface area contributed by atoms with Gasteiger partial charge in [-0.25, -0.2) is 9.97 Å². The number of aromatic amines is 1. The van der Waals surface area contributed by atoms with Gasteiger partial charge in [-0.3, -0.25) is 10.00 Å². The first-order chi connectivity index (χ1) is 13.8. The monoisotopic (exact) mass is 414 g/mol. The van der Waals surface area contributed by atoms with Gasteiger partial charge in [0.1, 0.15) is 5.82 Å². The fourth-order valence-electron chi connectivity index (χ4n) is 3.28. The number of piperazine rings is 1. The van der Waals surface area contributed by atoms with Gasteiger partial charge in [-0.05, 0) is 37.2 Å². The Balaban J connectivity index is 1.18. The maximum Gasteiger partial charge on any atom is 0.208 e. The molecule has 1 aliphatic rings. The van der Waals surface area contributed by atoms with E-state index in [0.717, 1.165) is 67.3 Å². The molecule has 0 aliphatic carbocycles. The summed E-state index contributed by atoms with van der Waals surface area (Å²) in [6.45, 7) is 5.33. The second-order valence-electron chi connectivity index (χ2n) is 6.67. The molecule has 3 aromatic rings. The third-order valence-electron chi connectivity index (χ3n) is 4.79. The van der Waals surface area contributed by atoms with Gasteiger partial charge in [-0.1, -0.05) is 41.6 Å². The normalized spacial score (nSPS) is 15.1. The second-order valence-corrected chi connectivity index (χ2v) is 8.13. The zero-order valence-electron chi connectivity index (χ0n) is 15.6. The van der Waals surface area contributed by atoms with Crippen molar-refractivity contribution in [3.8, 4) is 11.4 Å². The Labute approximate surface area is 174 Å². The number of H-pyrrole nitrogens is 1. The van der Waals surface area contributed by atoms with Crippen LogP contribution in [0.15, 0.2) is 53.8 Å². The number of aromatic nitrogens is 4. The molecule has 146 valence electrons. The molecule has 0 atom stereocenters. The van der Waals surface area contributed by atoms with Gasteiger partial charge in [0.05, 0.1) is 5.02 Å². The number of benzene rings is 1. The molecule has 0 saturated carbocycles. The zero-order valence-corrected chi connectivity index (χ0v) is 17.2. The second kappa shape index (κ2) is 9.41. The minimum Gasteiger partial charge on any atom is -0.354 e. The Bertz CT molecular complexity index is 879. The smallest absolute Gasteiger partial charge is 0.208 e. The number of thioether (sulfide) groups is 1. The molecular weight excluding hydrogens is 392 g/mol. The van der Waals surface area contributed by atoms with Crippen LogP contribution in [0.25, 0.3) is 11.4 Å². The number of hydrogen-bond acceptors (Lipinski definition) is 6. The lowest BCUT2D eigenvalue weighted by atomic mass is 10.2. The van der Waals surface area contributed by atoms with Gasteiger partial charge in [0, 0.05) is 43.7 Å².